The molecule has 0 bridgehead atoms. The Balaban J connectivity index is 2.37. The van der Waals surface area contributed by atoms with Gasteiger partial charge in [0.1, 0.15) is 5.69 Å². The molecule has 1 aromatic carbocycles. The molecule has 0 saturated carbocycles. The molecule has 4 nitrogen and oxygen atoms in total. The van der Waals surface area contributed by atoms with Gasteiger partial charge in [-0.05, 0) is 24.6 Å². The molecular weight excluding hydrogens is 300 g/mol. The van der Waals surface area contributed by atoms with Crippen molar-refractivity contribution in [2.24, 2.45) is 0 Å². The maximum Gasteiger partial charge on any atom is 0.286 e. The van der Waals surface area contributed by atoms with E-state index in [1.165, 1.54) is 15.6 Å². The van der Waals surface area contributed by atoms with Gasteiger partial charge in [0, 0.05) is 38.7 Å². The summed E-state index contributed by atoms with van der Waals surface area (Å²) in [6.45, 7) is 3.23. The third-order valence-corrected chi connectivity index (χ3v) is 3.50. The van der Waals surface area contributed by atoms with Crippen molar-refractivity contribution in [2.75, 3.05) is 14.1 Å². The van der Waals surface area contributed by atoms with Gasteiger partial charge in [-0.3, -0.25) is 9.48 Å². The van der Waals surface area contributed by atoms with Crippen molar-refractivity contribution in [3.8, 4) is 11.3 Å². The second kappa shape index (κ2) is 6.48. The van der Waals surface area contributed by atoms with E-state index in [1.807, 2.05) is 6.92 Å². The van der Waals surface area contributed by atoms with E-state index in [1.54, 1.807) is 38.4 Å². The van der Waals surface area contributed by atoms with E-state index in [-0.39, 0.29) is 11.6 Å². The topological polar surface area (TPSA) is 38.1 Å². The highest BCUT2D eigenvalue weighted by atomic mass is 19.3. The number of aryl methyl sites for hydroxylation is 1. The number of amides is 1. The van der Waals surface area contributed by atoms with Gasteiger partial charge in [0.2, 0.25) is 0 Å². The summed E-state index contributed by atoms with van der Waals surface area (Å²) in [6.07, 6.45) is 0.723. The monoisotopic (exact) mass is 321 g/mol. The number of halogens is 2. The lowest BCUT2D eigenvalue weighted by Crippen LogP contribution is -2.21. The minimum absolute atomic E-state index is 0.0946. The van der Waals surface area contributed by atoms with Crippen molar-refractivity contribution < 1.29 is 13.6 Å². The van der Waals surface area contributed by atoms with Gasteiger partial charge in [0.25, 0.3) is 11.8 Å². The number of rotatable bonds is 5. The summed E-state index contributed by atoms with van der Waals surface area (Å²) >= 11 is 0. The second-order valence-corrected chi connectivity index (χ2v) is 5.80. The highest BCUT2D eigenvalue weighted by molar-refractivity contribution is 5.94. The highest BCUT2D eigenvalue weighted by Crippen LogP contribution is 2.31. The van der Waals surface area contributed by atoms with E-state index in [0.717, 1.165) is 13.3 Å². The third kappa shape index (κ3) is 3.75. The molecule has 1 heterocycles. The Morgan fingerprint density at radius 3 is 2.35 bits per heavy atom. The number of hydrogen-bond acceptors (Lipinski definition) is 2. The van der Waals surface area contributed by atoms with Crippen LogP contribution < -0.4 is 0 Å². The van der Waals surface area contributed by atoms with Crippen molar-refractivity contribution in [1.82, 2.24) is 14.7 Å². The van der Waals surface area contributed by atoms with Gasteiger partial charge in [0.15, 0.2) is 0 Å². The highest BCUT2D eigenvalue weighted by Gasteiger charge is 2.30. The van der Waals surface area contributed by atoms with Crippen LogP contribution in [0.4, 0.5) is 8.78 Å². The van der Waals surface area contributed by atoms with E-state index in [9.17, 15) is 13.6 Å². The molecule has 0 spiro atoms. The van der Waals surface area contributed by atoms with Crippen molar-refractivity contribution >= 4 is 5.91 Å². The van der Waals surface area contributed by atoms with Crippen LogP contribution in [0.3, 0.4) is 0 Å². The summed E-state index contributed by atoms with van der Waals surface area (Å²) < 4.78 is 28.8. The molecule has 2 rings (SSSR count). The van der Waals surface area contributed by atoms with Crippen LogP contribution >= 0.6 is 0 Å². The normalized spacial score (nSPS) is 11.6. The van der Waals surface area contributed by atoms with Crippen molar-refractivity contribution in [1.29, 1.82) is 0 Å². The fraction of sp³-hybridized carbons (Fsp3) is 0.412. The van der Waals surface area contributed by atoms with Crippen LogP contribution in [0.25, 0.3) is 11.3 Å². The first-order chi connectivity index (χ1) is 10.7. The van der Waals surface area contributed by atoms with Crippen LogP contribution in [0, 0.1) is 0 Å². The lowest BCUT2D eigenvalue weighted by molar-refractivity contribution is 0.00770. The van der Waals surface area contributed by atoms with Crippen LogP contribution in [0.2, 0.25) is 0 Å². The number of carbonyl (C=O) groups excluding carboxylic acids is 1. The quantitative estimate of drug-likeness (QED) is 0.840. The van der Waals surface area contributed by atoms with E-state index >= 15 is 0 Å². The largest absolute Gasteiger partial charge is 0.345 e. The molecule has 0 aliphatic heterocycles. The van der Waals surface area contributed by atoms with Gasteiger partial charge < -0.3 is 4.90 Å². The Morgan fingerprint density at radius 1 is 1.26 bits per heavy atom. The van der Waals surface area contributed by atoms with Gasteiger partial charge in [0.05, 0.1) is 5.69 Å². The standard InChI is InChI=1S/C17H21F2N3O/c1-5-10-22-15(17(2,18)19)11-14(20-22)12-6-8-13(9-7-12)16(23)21(3)4/h6-9,11H,5,10H2,1-4H3. The van der Waals surface area contributed by atoms with Gasteiger partial charge in [-0.2, -0.15) is 13.9 Å². The molecule has 0 saturated heterocycles. The van der Waals surface area contributed by atoms with Gasteiger partial charge in [-0.1, -0.05) is 19.1 Å². The first-order valence-corrected chi connectivity index (χ1v) is 7.52. The average Bonchev–Trinajstić information content (AvgIpc) is 2.91. The third-order valence-electron chi connectivity index (χ3n) is 3.50. The minimum Gasteiger partial charge on any atom is -0.345 e. The molecule has 0 aliphatic rings. The molecule has 2 aromatic rings. The molecule has 23 heavy (non-hydrogen) atoms. The zero-order valence-electron chi connectivity index (χ0n) is 13.8. The molecule has 124 valence electrons. The van der Waals surface area contributed by atoms with Crippen LogP contribution in [0.15, 0.2) is 30.3 Å². The Morgan fingerprint density at radius 2 is 1.87 bits per heavy atom. The molecule has 0 fully saturated rings. The molecule has 0 atom stereocenters. The number of benzene rings is 1. The minimum atomic E-state index is -2.94. The summed E-state index contributed by atoms with van der Waals surface area (Å²) in [6, 6.07) is 8.23. The average molecular weight is 321 g/mol. The lowest BCUT2D eigenvalue weighted by Gasteiger charge is -2.11. The van der Waals surface area contributed by atoms with E-state index in [2.05, 4.69) is 5.10 Å². The number of nitrogens with zero attached hydrogens (tertiary/aromatic N) is 3. The van der Waals surface area contributed by atoms with Gasteiger partial charge in [-0.25, -0.2) is 0 Å². The van der Waals surface area contributed by atoms with Crippen molar-refractivity contribution in [3.63, 3.8) is 0 Å². The number of carbonyl (C=O) groups is 1. The first kappa shape index (κ1) is 17.1. The van der Waals surface area contributed by atoms with Crippen LogP contribution in [0.1, 0.15) is 36.3 Å². The number of aromatic nitrogens is 2. The maximum atomic E-state index is 13.7. The van der Waals surface area contributed by atoms with Crippen LogP contribution in [-0.4, -0.2) is 34.7 Å². The smallest absolute Gasteiger partial charge is 0.286 e. The number of hydrogen-bond donors (Lipinski definition) is 0. The summed E-state index contributed by atoms with van der Waals surface area (Å²) in [5.74, 6) is -3.05. The fourth-order valence-corrected chi connectivity index (χ4v) is 2.34. The van der Waals surface area contributed by atoms with Crippen LogP contribution in [-0.2, 0) is 12.5 Å². The summed E-state index contributed by atoms with van der Waals surface area (Å²) in [4.78, 5) is 13.4. The molecule has 1 amide bonds. The Bertz CT molecular complexity index is 685. The van der Waals surface area contributed by atoms with E-state index in [4.69, 9.17) is 0 Å². The summed E-state index contributed by atoms with van der Waals surface area (Å²) in [5, 5.41) is 4.29. The fourth-order valence-electron chi connectivity index (χ4n) is 2.34. The summed E-state index contributed by atoms with van der Waals surface area (Å²) in [5.41, 5.74) is 1.65. The molecule has 0 N–H and O–H groups in total. The van der Waals surface area contributed by atoms with E-state index in [0.29, 0.717) is 23.4 Å². The lowest BCUT2D eigenvalue weighted by atomic mass is 10.1. The molecule has 0 aliphatic carbocycles. The van der Waals surface area contributed by atoms with Crippen LogP contribution in [0.5, 0.6) is 0 Å². The predicted molar refractivity (Wildman–Crippen MR) is 85.5 cm³/mol. The maximum absolute atomic E-state index is 13.7. The zero-order chi connectivity index (χ0) is 17.2. The first-order valence-electron chi connectivity index (χ1n) is 7.52. The SMILES string of the molecule is CCCn1nc(-c2ccc(C(=O)N(C)C)cc2)cc1C(C)(F)F. The van der Waals surface area contributed by atoms with Crippen molar-refractivity contribution in [3.05, 3.63) is 41.6 Å². The molecule has 0 unspecified atom stereocenters. The molecular formula is C17H21F2N3O. The molecule has 6 heteroatoms. The predicted octanol–water partition coefficient (Wildman–Crippen LogP) is 3.77. The Kier molecular flexibility index (Phi) is 4.82. The second-order valence-electron chi connectivity index (χ2n) is 5.80. The Labute approximate surface area is 134 Å². The van der Waals surface area contributed by atoms with Gasteiger partial charge in [-0.15, -0.1) is 0 Å². The number of alkyl halides is 2. The Hall–Kier alpha value is -2.24. The van der Waals surface area contributed by atoms with E-state index < -0.39 is 5.92 Å². The molecule has 1 aromatic heterocycles. The molecule has 0 radical (unpaired) electrons. The van der Waals surface area contributed by atoms with Crippen molar-refractivity contribution in [2.45, 2.75) is 32.7 Å². The zero-order valence-corrected chi connectivity index (χ0v) is 13.8. The van der Waals surface area contributed by atoms with Gasteiger partial charge >= 0.3 is 0 Å². The summed E-state index contributed by atoms with van der Waals surface area (Å²) in [7, 11) is 3.36.